The Morgan fingerprint density at radius 3 is 2.12 bits per heavy atom. The van der Waals surface area contributed by atoms with Crippen molar-refractivity contribution in [1.29, 1.82) is 0 Å². The Morgan fingerprint density at radius 2 is 1.50 bits per heavy atom. The topological polar surface area (TPSA) is 9.23 Å². The molecule has 0 heterocycles. The first kappa shape index (κ1) is 13.3. The number of benzene rings is 2. The van der Waals surface area contributed by atoms with E-state index in [9.17, 15) is 0 Å². The summed E-state index contributed by atoms with van der Waals surface area (Å²) in [7, 11) is 0. The zero-order valence-electron chi connectivity index (χ0n) is 9.10. The van der Waals surface area contributed by atoms with Crippen molar-refractivity contribution in [2.75, 3.05) is 0 Å². The molecular weight excluding hydrogens is 273 g/mol. The minimum absolute atomic E-state index is 0. The van der Waals surface area contributed by atoms with Gasteiger partial charge in [-0.2, -0.15) is 24.6 Å². The van der Waals surface area contributed by atoms with Gasteiger partial charge in [-0.25, -0.2) is 0 Å². The van der Waals surface area contributed by atoms with E-state index in [2.05, 4.69) is 19.1 Å². The monoisotopic (exact) mass is 286 g/mol. The van der Waals surface area contributed by atoms with Gasteiger partial charge in [0.25, 0.3) is 0 Å². The van der Waals surface area contributed by atoms with Gasteiger partial charge in [0, 0.05) is 0 Å². The molecular formula is C14H13OY+2. The summed E-state index contributed by atoms with van der Waals surface area (Å²) in [5.74, 6) is 0.881. The van der Waals surface area contributed by atoms with Crippen LogP contribution >= 0.6 is 0 Å². The van der Waals surface area contributed by atoms with Gasteiger partial charge in [-0.05, 0) is 5.56 Å². The number of hydrogen-bond acceptors (Lipinski definition) is 1. The molecule has 0 amide bonds. The molecule has 2 rings (SSSR count). The molecule has 0 unspecified atom stereocenters. The van der Waals surface area contributed by atoms with E-state index in [4.69, 9.17) is 4.74 Å². The van der Waals surface area contributed by atoms with Crippen LogP contribution in [0.4, 0.5) is 0 Å². The Kier molecular flexibility index (Phi) is 5.58. The van der Waals surface area contributed by atoms with Crippen LogP contribution in [0.1, 0.15) is 11.1 Å². The fraction of sp³-hybridized carbons (Fsp3) is 0.0714. The van der Waals surface area contributed by atoms with E-state index >= 15 is 0 Å². The minimum atomic E-state index is 0. The summed E-state index contributed by atoms with van der Waals surface area (Å²) < 4.78 is 5.62. The number of hydrogen-bond donors (Lipinski definition) is 0. The molecule has 0 saturated carbocycles. The summed E-state index contributed by atoms with van der Waals surface area (Å²) in [6.45, 7) is 4.43. The maximum atomic E-state index is 5.62. The second kappa shape index (κ2) is 6.72. The van der Waals surface area contributed by atoms with E-state index in [-0.39, 0.29) is 32.7 Å². The quantitative estimate of drug-likeness (QED) is 0.785. The summed E-state index contributed by atoms with van der Waals surface area (Å²) in [6.07, 6.45) is 0. The average molecular weight is 286 g/mol. The number of ether oxygens (including phenoxy) is 1. The summed E-state index contributed by atoms with van der Waals surface area (Å²) in [5, 5.41) is 0. The molecule has 0 aliphatic carbocycles. The van der Waals surface area contributed by atoms with E-state index in [0.717, 1.165) is 11.3 Å². The van der Waals surface area contributed by atoms with Crippen LogP contribution in [-0.2, 0) is 39.3 Å². The molecule has 0 aliphatic heterocycles. The van der Waals surface area contributed by atoms with Crippen molar-refractivity contribution in [3.8, 4) is 5.75 Å². The maximum Gasteiger partial charge on any atom is 3.00 e. The molecule has 0 fully saturated rings. The second-order valence-electron chi connectivity index (χ2n) is 3.42. The van der Waals surface area contributed by atoms with Gasteiger partial charge in [-0.15, -0.1) is 0 Å². The average Bonchev–Trinajstić information content (AvgIpc) is 2.30. The van der Waals surface area contributed by atoms with Crippen molar-refractivity contribution < 1.29 is 37.4 Å². The largest absolute Gasteiger partial charge is 3.00 e. The molecule has 0 atom stereocenters. The van der Waals surface area contributed by atoms with Gasteiger partial charge in [-0.1, -0.05) is 42.5 Å². The predicted molar refractivity (Wildman–Crippen MR) is 61.7 cm³/mol. The van der Waals surface area contributed by atoms with Gasteiger partial charge in [-0.3, -0.25) is 0 Å². The zero-order valence-corrected chi connectivity index (χ0v) is 11.9. The van der Waals surface area contributed by atoms with E-state index in [0.29, 0.717) is 6.61 Å². The molecule has 16 heavy (non-hydrogen) atoms. The van der Waals surface area contributed by atoms with Crippen LogP contribution in [0.5, 0.6) is 5.75 Å². The minimum Gasteiger partial charge on any atom is -0.491 e. The molecule has 0 aliphatic rings. The Hall–Kier alpha value is -0.786. The molecule has 0 radical (unpaired) electrons. The second-order valence-corrected chi connectivity index (χ2v) is 3.42. The molecule has 76 valence electrons. The van der Waals surface area contributed by atoms with Crippen LogP contribution in [0.25, 0.3) is 0 Å². The zero-order chi connectivity index (χ0) is 10.5. The fourth-order valence-corrected chi connectivity index (χ4v) is 1.33. The van der Waals surface area contributed by atoms with Crippen LogP contribution in [0, 0.1) is 6.92 Å². The molecule has 2 heteroatoms. The Labute approximate surface area is 122 Å². The third kappa shape index (κ3) is 3.99. The predicted octanol–water partition coefficient (Wildman–Crippen LogP) is 3.45. The Balaban J connectivity index is 0.00000128. The standard InChI is InChI=1S/C14H13O.Y/c1-12-7-9-14(10-8-12)15-11-13-5-3-2-4-6-13;/h2-10H,1,11H2;/q-1;+3. The van der Waals surface area contributed by atoms with Crippen molar-refractivity contribution in [3.05, 3.63) is 72.6 Å². The molecule has 0 spiro atoms. The van der Waals surface area contributed by atoms with E-state index in [1.807, 2.05) is 42.5 Å². The fourth-order valence-electron chi connectivity index (χ4n) is 1.33. The van der Waals surface area contributed by atoms with Crippen LogP contribution in [0.2, 0.25) is 0 Å². The SMILES string of the molecule is [CH2-]c1ccc(OCc2ccccc2)cc1.[Y+3]. The van der Waals surface area contributed by atoms with Crippen LogP contribution in [-0.4, -0.2) is 0 Å². The molecule has 2 aromatic carbocycles. The first-order valence-corrected chi connectivity index (χ1v) is 4.93. The van der Waals surface area contributed by atoms with Crippen molar-refractivity contribution in [2.45, 2.75) is 6.61 Å². The third-order valence-corrected chi connectivity index (χ3v) is 2.17. The molecule has 2 aromatic rings. The van der Waals surface area contributed by atoms with Crippen LogP contribution in [0.3, 0.4) is 0 Å². The van der Waals surface area contributed by atoms with Gasteiger partial charge in [0.1, 0.15) is 6.61 Å². The summed E-state index contributed by atoms with van der Waals surface area (Å²) >= 11 is 0. The smallest absolute Gasteiger partial charge is 0.491 e. The summed E-state index contributed by atoms with van der Waals surface area (Å²) in [4.78, 5) is 0. The Bertz CT molecular complexity index is 409. The van der Waals surface area contributed by atoms with Gasteiger partial charge in [0.05, 0.1) is 5.75 Å². The van der Waals surface area contributed by atoms with Crippen LogP contribution < -0.4 is 4.74 Å². The van der Waals surface area contributed by atoms with E-state index in [1.54, 1.807) is 0 Å². The maximum absolute atomic E-state index is 5.62. The van der Waals surface area contributed by atoms with Crippen molar-refractivity contribution in [3.63, 3.8) is 0 Å². The van der Waals surface area contributed by atoms with Gasteiger partial charge in [0.2, 0.25) is 0 Å². The summed E-state index contributed by atoms with van der Waals surface area (Å²) in [6, 6.07) is 17.9. The van der Waals surface area contributed by atoms with Gasteiger partial charge >= 0.3 is 32.7 Å². The first-order valence-electron chi connectivity index (χ1n) is 4.93. The van der Waals surface area contributed by atoms with Crippen molar-refractivity contribution in [2.24, 2.45) is 0 Å². The third-order valence-electron chi connectivity index (χ3n) is 2.17. The molecule has 0 N–H and O–H groups in total. The summed E-state index contributed by atoms with van der Waals surface area (Å²) in [5.41, 5.74) is 2.18. The van der Waals surface area contributed by atoms with Crippen molar-refractivity contribution >= 4 is 0 Å². The Morgan fingerprint density at radius 1 is 0.875 bits per heavy atom. The first-order chi connectivity index (χ1) is 7.34. The number of rotatable bonds is 3. The molecule has 0 bridgehead atoms. The van der Waals surface area contributed by atoms with E-state index < -0.39 is 0 Å². The molecule has 0 aromatic heterocycles. The van der Waals surface area contributed by atoms with Gasteiger partial charge in [0.15, 0.2) is 0 Å². The van der Waals surface area contributed by atoms with Gasteiger partial charge < -0.3 is 4.74 Å². The van der Waals surface area contributed by atoms with E-state index in [1.165, 1.54) is 5.56 Å². The molecule has 0 saturated heterocycles. The molecule has 1 nitrogen and oxygen atoms in total. The van der Waals surface area contributed by atoms with Crippen molar-refractivity contribution in [1.82, 2.24) is 0 Å². The van der Waals surface area contributed by atoms with Crippen LogP contribution in [0.15, 0.2) is 54.6 Å². The normalized spacial score (nSPS) is 9.25.